The number of nitrogens with zero attached hydrogens (tertiary/aromatic N) is 1. The maximum absolute atomic E-state index is 9.29. The third-order valence-electron chi connectivity index (χ3n) is 2.36. The second-order valence-corrected chi connectivity index (χ2v) is 3.20. The molecule has 0 aromatic carbocycles. The zero-order chi connectivity index (χ0) is 8.27. The maximum atomic E-state index is 9.29. The van der Waals surface area contributed by atoms with Crippen LogP contribution in [0.25, 0.3) is 0 Å². The van der Waals surface area contributed by atoms with Gasteiger partial charge in [0.05, 0.1) is 6.61 Å². The van der Waals surface area contributed by atoms with Gasteiger partial charge in [0.15, 0.2) is 0 Å². The monoisotopic (exact) mass is 159 g/mol. The predicted octanol–water partition coefficient (Wildman–Crippen LogP) is 0.171. The number of aliphatic hydroxyl groups is 2. The highest BCUT2D eigenvalue weighted by molar-refractivity contribution is 4.76. The molecule has 0 spiro atoms. The number of hydrogen-bond donors (Lipinski definition) is 2. The molecule has 0 aromatic rings. The summed E-state index contributed by atoms with van der Waals surface area (Å²) in [5.74, 6) is 0. The van der Waals surface area contributed by atoms with Crippen LogP contribution in [0, 0.1) is 0 Å². The molecule has 1 fully saturated rings. The summed E-state index contributed by atoms with van der Waals surface area (Å²) in [6.45, 7) is 2.85. The summed E-state index contributed by atoms with van der Waals surface area (Å²) < 4.78 is 0. The third kappa shape index (κ3) is 2.15. The zero-order valence-electron chi connectivity index (χ0n) is 7.03. The van der Waals surface area contributed by atoms with E-state index in [0.29, 0.717) is 0 Å². The van der Waals surface area contributed by atoms with Crippen LogP contribution in [0.5, 0.6) is 0 Å². The van der Waals surface area contributed by atoms with Crippen LogP contribution in [0.4, 0.5) is 0 Å². The molecule has 1 aliphatic rings. The van der Waals surface area contributed by atoms with Crippen LogP contribution in [0.1, 0.15) is 26.2 Å². The molecule has 3 nitrogen and oxygen atoms in total. The highest BCUT2D eigenvalue weighted by atomic mass is 16.3. The van der Waals surface area contributed by atoms with Crippen LogP contribution in [0.2, 0.25) is 0 Å². The first-order valence-electron chi connectivity index (χ1n) is 4.30. The van der Waals surface area contributed by atoms with E-state index in [1.54, 1.807) is 6.92 Å². The average Bonchev–Trinajstić information content (AvgIpc) is 2.04. The number of hydrogen-bond acceptors (Lipinski definition) is 3. The van der Waals surface area contributed by atoms with Crippen molar-refractivity contribution in [2.75, 3.05) is 13.2 Å². The molecule has 2 unspecified atom stereocenters. The van der Waals surface area contributed by atoms with E-state index in [9.17, 15) is 5.11 Å². The van der Waals surface area contributed by atoms with E-state index < -0.39 is 6.23 Å². The summed E-state index contributed by atoms with van der Waals surface area (Å²) in [7, 11) is 0. The van der Waals surface area contributed by atoms with Gasteiger partial charge in [-0.25, -0.2) is 0 Å². The normalized spacial score (nSPS) is 30.3. The minimum absolute atomic E-state index is 0.172. The second-order valence-electron chi connectivity index (χ2n) is 3.20. The molecule has 1 heterocycles. The highest BCUT2D eigenvalue weighted by Crippen LogP contribution is 2.17. The van der Waals surface area contributed by atoms with Gasteiger partial charge in [0.1, 0.15) is 6.23 Å². The first-order valence-corrected chi connectivity index (χ1v) is 4.30. The molecule has 0 amide bonds. The van der Waals surface area contributed by atoms with Crippen molar-refractivity contribution < 1.29 is 10.2 Å². The molecule has 66 valence electrons. The number of aliphatic hydroxyl groups excluding tert-OH is 2. The van der Waals surface area contributed by atoms with Gasteiger partial charge in [-0.05, 0) is 19.8 Å². The maximum Gasteiger partial charge on any atom is 0.104 e. The van der Waals surface area contributed by atoms with Gasteiger partial charge in [-0.15, -0.1) is 0 Å². The smallest absolute Gasteiger partial charge is 0.104 e. The summed E-state index contributed by atoms with van der Waals surface area (Å²) in [5, 5.41) is 18.3. The molecule has 0 saturated carbocycles. The lowest BCUT2D eigenvalue weighted by Gasteiger charge is -2.36. The minimum atomic E-state index is -0.410. The van der Waals surface area contributed by atoms with Crippen molar-refractivity contribution in [2.24, 2.45) is 0 Å². The lowest BCUT2D eigenvalue weighted by Crippen LogP contribution is -2.46. The minimum Gasteiger partial charge on any atom is -0.395 e. The summed E-state index contributed by atoms with van der Waals surface area (Å²) >= 11 is 0. The third-order valence-corrected chi connectivity index (χ3v) is 2.36. The fourth-order valence-corrected chi connectivity index (χ4v) is 1.71. The first-order chi connectivity index (χ1) is 5.25. The van der Waals surface area contributed by atoms with E-state index in [1.807, 2.05) is 4.90 Å². The van der Waals surface area contributed by atoms with Gasteiger partial charge in [-0.3, -0.25) is 4.90 Å². The molecule has 1 saturated heterocycles. The summed E-state index contributed by atoms with van der Waals surface area (Å²) in [5.41, 5.74) is 0. The van der Waals surface area contributed by atoms with Crippen LogP contribution in [0.15, 0.2) is 0 Å². The van der Waals surface area contributed by atoms with Gasteiger partial charge in [0.2, 0.25) is 0 Å². The Kier molecular flexibility index (Phi) is 3.30. The lowest BCUT2D eigenvalue weighted by atomic mass is 10.0. The molecule has 3 heteroatoms. The number of rotatable bonds is 2. The molecule has 0 aliphatic carbocycles. The Morgan fingerprint density at radius 2 is 2.27 bits per heavy atom. The molecule has 1 aliphatic heterocycles. The topological polar surface area (TPSA) is 43.7 Å². The molecular weight excluding hydrogens is 142 g/mol. The molecule has 2 atom stereocenters. The van der Waals surface area contributed by atoms with E-state index in [0.717, 1.165) is 19.4 Å². The van der Waals surface area contributed by atoms with Crippen molar-refractivity contribution >= 4 is 0 Å². The molecular formula is C8H17NO2. The van der Waals surface area contributed by atoms with Crippen molar-refractivity contribution in [3.05, 3.63) is 0 Å². The molecule has 0 radical (unpaired) electrons. The SMILES string of the molecule is CC(O)N1CCCCC1CO. The first kappa shape index (κ1) is 8.97. The van der Waals surface area contributed by atoms with E-state index >= 15 is 0 Å². The van der Waals surface area contributed by atoms with Crippen molar-refractivity contribution in [2.45, 2.75) is 38.5 Å². The van der Waals surface area contributed by atoms with Crippen LogP contribution >= 0.6 is 0 Å². The Morgan fingerprint density at radius 1 is 1.55 bits per heavy atom. The summed E-state index contributed by atoms with van der Waals surface area (Å²) in [6, 6.07) is 0.184. The average molecular weight is 159 g/mol. The Labute approximate surface area is 67.6 Å². The Hall–Kier alpha value is -0.120. The van der Waals surface area contributed by atoms with Crippen molar-refractivity contribution in [3.63, 3.8) is 0 Å². The second kappa shape index (κ2) is 4.04. The molecule has 11 heavy (non-hydrogen) atoms. The predicted molar refractivity (Wildman–Crippen MR) is 43.1 cm³/mol. The quantitative estimate of drug-likeness (QED) is 0.603. The van der Waals surface area contributed by atoms with Gasteiger partial charge >= 0.3 is 0 Å². The van der Waals surface area contributed by atoms with Gasteiger partial charge in [-0.1, -0.05) is 6.42 Å². The van der Waals surface area contributed by atoms with Crippen molar-refractivity contribution in [3.8, 4) is 0 Å². The lowest BCUT2D eigenvalue weighted by molar-refractivity contribution is -0.0432. The van der Waals surface area contributed by atoms with E-state index in [4.69, 9.17) is 5.11 Å². The molecule has 0 bridgehead atoms. The van der Waals surface area contributed by atoms with Gasteiger partial charge in [0.25, 0.3) is 0 Å². The Bertz CT molecular complexity index is 117. The Morgan fingerprint density at radius 3 is 2.73 bits per heavy atom. The van der Waals surface area contributed by atoms with Gasteiger partial charge in [0, 0.05) is 12.6 Å². The van der Waals surface area contributed by atoms with E-state index in [2.05, 4.69) is 0 Å². The fraction of sp³-hybridized carbons (Fsp3) is 1.00. The highest BCUT2D eigenvalue weighted by Gasteiger charge is 2.24. The summed E-state index contributed by atoms with van der Waals surface area (Å²) in [4.78, 5) is 1.96. The Balaban J connectivity index is 2.44. The largest absolute Gasteiger partial charge is 0.395 e. The van der Waals surface area contributed by atoms with E-state index in [-0.39, 0.29) is 12.6 Å². The molecule has 1 rings (SSSR count). The molecule has 0 aromatic heterocycles. The number of piperidine rings is 1. The van der Waals surface area contributed by atoms with Crippen molar-refractivity contribution in [1.29, 1.82) is 0 Å². The number of likely N-dealkylation sites (tertiary alicyclic amines) is 1. The standard InChI is InChI=1S/C8H17NO2/c1-7(11)9-5-3-2-4-8(9)6-10/h7-8,10-11H,2-6H2,1H3. The van der Waals surface area contributed by atoms with E-state index in [1.165, 1.54) is 6.42 Å². The van der Waals surface area contributed by atoms with Crippen molar-refractivity contribution in [1.82, 2.24) is 4.90 Å². The van der Waals surface area contributed by atoms with Crippen LogP contribution in [0.3, 0.4) is 0 Å². The zero-order valence-corrected chi connectivity index (χ0v) is 7.03. The fourth-order valence-electron chi connectivity index (χ4n) is 1.71. The van der Waals surface area contributed by atoms with Gasteiger partial charge < -0.3 is 10.2 Å². The van der Waals surface area contributed by atoms with Crippen LogP contribution in [-0.4, -0.2) is 40.5 Å². The molecule has 2 N–H and O–H groups in total. The van der Waals surface area contributed by atoms with Gasteiger partial charge in [-0.2, -0.15) is 0 Å². The van der Waals surface area contributed by atoms with Crippen LogP contribution < -0.4 is 0 Å². The van der Waals surface area contributed by atoms with Crippen LogP contribution in [-0.2, 0) is 0 Å². The summed E-state index contributed by atoms with van der Waals surface area (Å²) in [6.07, 6.45) is 2.92.